The summed E-state index contributed by atoms with van der Waals surface area (Å²) < 4.78 is 36.2. The average Bonchev–Trinajstić information content (AvgIpc) is 2.66. The van der Waals surface area contributed by atoms with Crippen LogP contribution in [0.25, 0.3) is 0 Å². The molecule has 0 spiro atoms. The standard InChI is InChI=1S/C20H25ClN2O5S/c1-4-28-17-10-8-16(9-11-17)23(29(3,25)26)13-5-6-20(24)22-18-14-15(21)7-12-19(18)27-2/h7-12,14H,4-6,13H2,1-3H3,(H,22,24). The normalized spacial score (nSPS) is 11.0. The number of amides is 1. The van der Waals surface area contributed by atoms with Crippen LogP contribution in [0.1, 0.15) is 19.8 Å². The van der Waals surface area contributed by atoms with E-state index in [1.54, 1.807) is 42.5 Å². The third-order valence-corrected chi connectivity index (χ3v) is 5.47. The Morgan fingerprint density at radius 2 is 1.86 bits per heavy atom. The molecule has 0 unspecified atom stereocenters. The predicted molar refractivity (Wildman–Crippen MR) is 116 cm³/mol. The number of halogens is 1. The number of methoxy groups -OCH3 is 1. The largest absolute Gasteiger partial charge is 0.495 e. The molecule has 1 amide bonds. The molecule has 0 bridgehead atoms. The maximum Gasteiger partial charge on any atom is 0.232 e. The first-order valence-corrected chi connectivity index (χ1v) is 11.3. The fourth-order valence-electron chi connectivity index (χ4n) is 2.74. The molecule has 0 heterocycles. The highest BCUT2D eigenvalue weighted by Crippen LogP contribution is 2.28. The van der Waals surface area contributed by atoms with E-state index >= 15 is 0 Å². The highest BCUT2D eigenvalue weighted by atomic mass is 35.5. The number of hydrogen-bond acceptors (Lipinski definition) is 5. The lowest BCUT2D eigenvalue weighted by molar-refractivity contribution is -0.116. The van der Waals surface area contributed by atoms with Gasteiger partial charge in [-0.05, 0) is 55.8 Å². The Hall–Kier alpha value is -2.45. The van der Waals surface area contributed by atoms with Gasteiger partial charge in [0.25, 0.3) is 0 Å². The van der Waals surface area contributed by atoms with E-state index in [2.05, 4.69) is 5.32 Å². The molecule has 7 nitrogen and oxygen atoms in total. The Labute approximate surface area is 176 Å². The van der Waals surface area contributed by atoms with E-state index in [9.17, 15) is 13.2 Å². The summed E-state index contributed by atoms with van der Waals surface area (Å²) >= 11 is 5.96. The van der Waals surface area contributed by atoms with E-state index in [-0.39, 0.29) is 18.9 Å². The van der Waals surface area contributed by atoms with E-state index < -0.39 is 10.0 Å². The Kier molecular flexibility index (Phi) is 8.16. The maximum absolute atomic E-state index is 12.3. The third kappa shape index (κ3) is 6.83. The van der Waals surface area contributed by atoms with Gasteiger partial charge in [-0.15, -0.1) is 0 Å². The molecule has 0 fully saturated rings. The molecule has 0 aromatic heterocycles. The van der Waals surface area contributed by atoms with E-state index in [0.29, 0.717) is 40.9 Å². The van der Waals surface area contributed by atoms with Crippen LogP contribution in [0.4, 0.5) is 11.4 Å². The van der Waals surface area contributed by atoms with Gasteiger partial charge in [0.05, 0.1) is 31.3 Å². The number of benzene rings is 2. The smallest absolute Gasteiger partial charge is 0.232 e. The SMILES string of the molecule is CCOc1ccc(N(CCCC(=O)Nc2cc(Cl)ccc2OC)S(C)(=O)=O)cc1. The van der Waals surface area contributed by atoms with E-state index in [4.69, 9.17) is 21.1 Å². The predicted octanol–water partition coefficient (Wildman–Crippen LogP) is 3.93. The van der Waals surface area contributed by atoms with Crippen molar-refractivity contribution >= 4 is 38.9 Å². The molecule has 0 aliphatic heterocycles. The summed E-state index contributed by atoms with van der Waals surface area (Å²) in [6, 6.07) is 11.7. The summed E-state index contributed by atoms with van der Waals surface area (Å²) in [5.74, 6) is 0.903. The topological polar surface area (TPSA) is 84.9 Å². The molecule has 29 heavy (non-hydrogen) atoms. The number of rotatable bonds is 10. The summed E-state index contributed by atoms with van der Waals surface area (Å²) in [6.07, 6.45) is 1.62. The second kappa shape index (κ2) is 10.4. The monoisotopic (exact) mass is 440 g/mol. The first kappa shape index (κ1) is 22.8. The minimum absolute atomic E-state index is 0.138. The van der Waals surface area contributed by atoms with Crippen molar-refractivity contribution in [1.29, 1.82) is 0 Å². The van der Waals surface area contributed by atoms with Crippen LogP contribution in [0, 0.1) is 0 Å². The van der Waals surface area contributed by atoms with Gasteiger partial charge in [0, 0.05) is 18.0 Å². The zero-order valence-corrected chi connectivity index (χ0v) is 18.2. The zero-order chi connectivity index (χ0) is 21.4. The van der Waals surface area contributed by atoms with Crippen LogP contribution >= 0.6 is 11.6 Å². The number of nitrogens with zero attached hydrogens (tertiary/aromatic N) is 1. The Morgan fingerprint density at radius 3 is 2.45 bits per heavy atom. The van der Waals surface area contributed by atoms with Crippen molar-refractivity contribution in [2.75, 3.05) is 36.1 Å². The van der Waals surface area contributed by atoms with Crippen molar-refractivity contribution in [1.82, 2.24) is 0 Å². The number of carbonyl (C=O) groups is 1. The Bertz CT molecular complexity index is 932. The summed E-state index contributed by atoms with van der Waals surface area (Å²) in [6.45, 7) is 2.58. The highest BCUT2D eigenvalue weighted by molar-refractivity contribution is 7.92. The molecule has 2 aromatic carbocycles. The first-order chi connectivity index (χ1) is 13.7. The number of hydrogen-bond donors (Lipinski definition) is 1. The lowest BCUT2D eigenvalue weighted by Gasteiger charge is -2.22. The highest BCUT2D eigenvalue weighted by Gasteiger charge is 2.18. The molecule has 1 N–H and O–H groups in total. The van der Waals surface area contributed by atoms with Gasteiger partial charge < -0.3 is 14.8 Å². The van der Waals surface area contributed by atoms with Gasteiger partial charge in [0.15, 0.2) is 0 Å². The molecule has 0 radical (unpaired) electrons. The van der Waals surface area contributed by atoms with Gasteiger partial charge in [-0.3, -0.25) is 9.10 Å². The Balaban J connectivity index is 2.00. The van der Waals surface area contributed by atoms with Crippen molar-refractivity contribution in [2.24, 2.45) is 0 Å². The molecule has 9 heteroatoms. The van der Waals surface area contributed by atoms with Crippen LogP contribution in [0.3, 0.4) is 0 Å². The fourth-order valence-corrected chi connectivity index (χ4v) is 3.87. The summed E-state index contributed by atoms with van der Waals surface area (Å²) in [4.78, 5) is 12.3. The van der Waals surface area contributed by atoms with Gasteiger partial charge in [0.2, 0.25) is 15.9 Å². The number of ether oxygens (including phenoxy) is 2. The second-order valence-electron chi connectivity index (χ2n) is 6.26. The van der Waals surface area contributed by atoms with Crippen LogP contribution < -0.4 is 19.1 Å². The molecule has 2 aromatic rings. The number of nitrogens with one attached hydrogen (secondary N) is 1. The first-order valence-electron chi connectivity index (χ1n) is 9.08. The average molecular weight is 441 g/mol. The van der Waals surface area contributed by atoms with Crippen LogP contribution in [0.2, 0.25) is 5.02 Å². The lowest BCUT2D eigenvalue weighted by Crippen LogP contribution is -2.31. The van der Waals surface area contributed by atoms with Crippen LogP contribution in [0.15, 0.2) is 42.5 Å². The van der Waals surface area contributed by atoms with Crippen LogP contribution in [-0.2, 0) is 14.8 Å². The molecule has 0 aliphatic rings. The molecule has 2 rings (SSSR count). The molecule has 0 saturated carbocycles. The number of carbonyl (C=O) groups excluding carboxylic acids is 1. The van der Waals surface area contributed by atoms with Crippen LogP contribution in [0.5, 0.6) is 11.5 Å². The van der Waals surface area contributed by atoms with Gasteiger partial charge in [-0.1, -0.05) is 11.6 Å². The lowest BCUT2D eigenvalue weighted by atomic mass is 10.2. The minimum atomic E-state index is -3.49. The van der Waals surface area contributed by atoms with Crippen molar-refractivity contribution in [3.05, 3.63) is 47.5 Å². The molecule has 0 saturated heterocycles. The van der Waals surface area contributed by atoms with Gasteiger partial charge in [0.1, 0.15) is 11.5 Å². The van der Waals surface area contributed by atoms with Crippen LogP contribution in [-0.4, -0.2) is 40.8 Å². The molecule has 158 valence electrons. The van der Waals surface area contributed by atoms with E-state index in [0.717, 1.165) is 6.26 Å². The van der Waals surface area contributed by atoms with E-state index in [1.807, 2.05) is 6.92 Å². The maximum atomic E-state index is 12.3. The Morgan fingerprint density at radius 1 is 1.17 bits per heavy atom. The van der Waals surface area contributed by atoms with Gasteiger partial charge in [-0.25, -0.2) is 8.42 Å². The zero-order valence-electron chi connectivity index (χ0n) is 16.6. The fraction of sp³-hybridized carbons (Fsp3) is 0.350. The molecule has 0 aliphatic carbocycles. The number of anilines is 2. The van der Waals surface area contributed by atoms with E-state index in [1.165, 1.54) is 11.4 Å². The molecular formula is C20H25ClN2O5S. The van der Waals surface area contributed by atoms with Crippen molar-refractivity contribution in [3.63, 3.8) is 0 Å². The summed E-state index contributed by atoms with van der Waals surface area (Å²) in [7, 11) is -1.99. The van der Waals surface area contributed by atoms with Crippen molar-refractivity contribution in [2.45, 2.75) is 19.8 Å². The minimum Gasteiger partial charge on any atom is -0.495 e. The summed E-state index contributed by atoms with van der Waals surface area (Å²) in [5.41, 5.74) is 0.990. The second-order valence-corrected chi connectivity index (χ2v) is 8.60. The number of sulfonamides is 1. The summed E-state index contributed by atoms with van der Waals surface area (Å²) in [5, 5.41) is 3.22. The molecular weight excluding hydrogens is 416 g/mol. The van der Waals surface area contributed by atoms with Gasteiger partial charge in [-0.2, -0.15) is 0 Å². The third-order valence-electron chi connectivity index (χ3n) is 4.04. The van der Waals surface area contributed by atoms with Gasteiger partial charge >= 0.3 is 0 Å². The van der Waals surface area contributed by atoms with Crippen molar-refractivity contribution < 1.29 is 22.7 Å². The quantitative estimate of drug-likeness (QED) is 0.605. The molecule has 0 atom stereocenters. The van der Waals surface area contributed by atoms with Crippen molar-refractivity contribution in [3.8, 4) is 11.5 Å².